The van der Waals surface area contributed by atoms with Gasteiger partial charge in [0.1, 0.15) is 9.71 Å². The maximum Gasteiger partial charge on any atom is 0.263 e. The van der Waals surface area contributed by atoms with E-state index in [2.05, 4.69) is 16.0 Å². The number of thiophene rings is 1. The maximum absolute atomic E-state index is 13.8. The lowest BCUT2D eigenvalue weighted by atomic mass is 9.94. The van der Waals surface area contributed by atoms with Crippen molar-refractivity contribution in [2.45, 2.75) is 54.0 Å². The van der Waals surface area contributed by atoms with E-state index in [4.69, 9.17) is 10.7 Å². The minimum atomic E-state index is -0.328. The molecule has 9 heteroatoms. The van der Waals surface area contributed by atoms with Crippen LogP contribution in [0.1, 0.15) is 64.0 Å². The minimum absolute atomic E-state index is 0.0170. The zero-order chi connectivity index (χ0) is 28.4. The van der Waals surface area contributed by atoms with Crippen LogP contribution in [0, 0.1) is 20.8 Å². The molecule has 2 aromatic carbocycles. The lowest BCUT2D eigenvalue weighted by molar-refractivity contribution is -0.114. The van der Waals surface area contributed by atoms with Crippen LogP contribution in [0.25, 0.3) is 21.3 Å². The van der Waals surface area contributed by atoms with Crippen LogP contribution in [-0.4, -0.2) is 28.7 Å². The Kier molecular flexibility index (Phi) is 8.01. The molecule has 4 aromatic rings. The van der Waals surface area contributed by atoms with Crippen molar-refractivity contribution in [1.29, 1.82) is 0 Å². The van der Waals surface area contributed by atoms with Crippen LogP contribution in [0.4, 0.5) is 17.1 Å². The van der Waals surface area contributed by atoms with Gasteiger partial charge in [0.15, 0.2) is 0 Å². The van der Waals surface area contributed by atoms with E-state index in [9.17, 15) is 14.4 Å². The zero-order valence-corrected chi connectivity index (χ0v) is 23.8. The van der Waals surface area contributed by atoms with Gasteiger partial charge in [0.05, 0.1) is 16.9 Å². The average molecular weight is 544 g/mol. The monoisotopic (exact) mass is 543 g/mol. The van der Waals surface area contributed by atoms with Crippen molar-refractivity contribution in [3.05, 3.63) is 69.7 Å². The number of fused-ring (bicyclic) bond motifs is 1. The first-order chi connectivity index (χ1) is 18.5. The molecule has 0 radical (unpaired) electrons. The van der Waals surface area contributed by atoms with E-state index in [1.165, 1.54) is 18.3 Å². The van der Waals surface area contributed by atoms with Crippen molar-refractivity contribution >= 4 is 56.3 Å². The topological polar surface area (TPSA) is 126 Å². The molecule has 1 atom stereocenters. The van der Waals surface area contributed by atoms with Gasteiger partial charge in [-0.1, -0.05) is 36.8 Å². The van der Waals surface area contributed by atoms with Crippen LogP contribution >= 0.6 is 11.3 Å². The summed E-state index contributed by atoms with van der Waals surface area (Å²) in [5.74, 6) is -0.779. The molecule has 2 aromatic heterocycles. The molecule has 0 saturated carbocycles. The van der Waals surface area contributed by atoms with Gasteiger partial charge in [0.2, 0.25) is 5.91 Å². The number of nitrogens with one attached hydrogen (secondary N) is 3. The first-order valence-electron chi connectivity index (χ1n) is 12.8. The molecule has 4 rings (SSSR count). The molecule has 5 N–H and O–H groups in total. The summed E-state index contributed by atoms with van der Waals surface area (Å²) in [5.41, 5.74) is 12.5. The van der Waals surface area contributed by atoms with E-state index in [0.29, 0.717) is 48.9 Å². The third-order valence-corrected chi connectivity index (χ3v) is 7.70. The predicted octanol–water partition coefficient (Wildman–Crippen LogP) is 6.21. The van der Waals surface area contributed by atoms with E-state index in [1.54, 1.807) is 19.1 Å². The van der Waals surface area contributed by atoms with E-state index < -0.39 is 0 Å². The second-order valence-electron chi connectivity index (χ2n) is 9.79. The molecule has 39 heavy (non-hydrogen) atoms. The maximum atomic E-state index is 13.8. The standard InChI is InChI=1S/C30H33N5O3S/c1-7-17(4)32-29(38)27-26(31)25-24(20-9-11-21(12-10-20)34-19(6)36)23(18(5)33-30(25)39-27)28(37)35-22-13-8-15(2)14-16(22)3/h8-14,17H,7,31H2,1-6H3,(H,32,38)(H,34,36)(H,35,37)/t17-/m1/s1. The summed E-state index contributed by atoms with van der Waals surface area (Å²) in [6.45, 7) is 11.1. The van der Waals surface area contributed by atoms with Crippen molar-refractivity contribution in [3.63, 3.8) is 0 Å². The molecule has 0 spiro atoms. The third-order valence-electron chi connectivity index (χ3n) is 6.60. The lowest BCUT2D eigenvalue weighted by Crippen LogP contribution is -2.31. The van der Waals surface area contributed by atoms with Crippen LogP contribution in [0.2, 0.25) is 0 Å². The fourth-order valence-corrected chi connectivity index (χ4v) is 5.51. The highest BCUT2D eigenvalue weighted by Crippen LogP contribution is 2.42. The number of nitrogens with zero attached hydrogens (tertiary/aromatic N) is 1. The number of carbonyl (C=O) groups excluding carboxylic acids is 3. The molecule has 0 aliphatic rings. The van der Waals surface area contributed by atoms with E-state index in [1.807, 2.05) is 58.0 Å². The normalized spacial score (nSPS) is 11.7. The van der Waals surface area contributed by atoms with Crippen LogP contribution in [-0.2, 0) is 4.79 Å². The molecular weight excluding hydrogens is 510 g/mol. The second-order valence-corrected chi connectivity index (χ2v) is 10.8. The Labute approximate surface area is 232 Å². The molecule has 0 bridgehead atoms. The number of nitrogen functional groups attached to an aromatic ring is 1. The number of rotatable bonds is 7. The zero-order valence-electron chi connectivity index (χ0n) is 23.0. The number of hydrogen-bond donors (Lipinski definition) is 4. The van der Waals surface area contributed by atoms with Gasteiger partial charge < -0.3 is 21.7 Å². The van der Waals surface area contributed by atoms with E-state index >= 15 is 0 Å². The predicted molar refractivity (Wildman–Crippen MR) is 160 cm³/mol. The number of aryl methyl sites for hydroxylation is 3. The number of benzene rings is 2. The van der Waals surface area contributed by atoms with Gasteiger partial charge in [-0.15, -0.1) is 11.3 Å². The fraction of sp³-hybridized carbons (Fsp3) is 0.267. The highest BCUT2D eigenvalue weighted by molar-refractivity contribution is 7.21. The first kappa shape index (κ1) is 27.8. The van der Waals surface area contributed by atoms with Crippen molar-refractivity contribution in [2.75, 3.05) is 16.4 Å². The molecule has 0 aliphatic carbocycles. The molecule has 0 aliphatic heterocycles. The molecule has 0 fully saturated rings. The van der Waals surface area contributed by atoms with E-state index in [0.717, 1.165) is 17.5 Å². The highest BCUT2D eigenvalue weighted by atomic mass is 32.1. The van der Waals surface area contributed by atoms with Crippen molar-refractivity contribution in [1.82, 2.24) is 10.3 Å². The number of hydrogen-bond acceptors (Lipinski definition) is 6. The van der Waals surface area contributed by atoms with Crippen LogP contribution < -0.4 is 21.7 Å². The van der Waals surface area contributed by atoms with Gasteiger partial charge in [-0.25, -0.2) is 4.98 Å². The third kappa shape index (κ3) is 5.78. The van der Waals surface area contributed by atoms with Gasteiger partial charge in [-0.3, -0.25) is 14.4 Å². The van der Waals surface area contributed by atoms with Crippen molar-refractivity contribution < 1.29 is 14.4 Å². The highest BCUT2D eigenvalue weighted by Gasteiger charge is 2.27. The Morgan fingerprint density at radius 3 is 2.31 bits per heavy atom. The number of anilines is 3. The van der Waals surface area contributed by atoms with Gasteiger partial charge in [0, 0.05) is 35.3 Å². The number of carbonyl (C=O) groups is 3. The number of nitrogens with two attached hydrogens (primary N) is 1. The summed E-state index contributed by atoms with van der Waals surface area (Å²) in [7, 11) is 0. The summed E-state index contributed by atoms with van der Waals surface area (Å²) >= 11 is 1.21. The summed E-state index contributed by atoms with van der Waals surface area (Å²) < 4.78 is 0. The Morgan fingerprint density at radius 1 is 1.00 bits per heavy atom. The van der Waals surface area contributed by atoms with Gasteiger partial charge >= 0.3 is 0 Å². The Hall–Kier alpha value is -4.24. The van der Waals surface area contributed by atoms with Gasteiger partial charge in [-0.2, -0.15) is 0 Å². The van der Waals surface area contributed by atoms with Gasteiger partial charge in [-0.05, 0) is 63.4 Å². The van der Waals surface area contributed by atoms with E-state index in [-0.39, 0.29) is 29.5 Å². The molecule has 202 valence electrons. The molecule has 0 saturated heterocycles. The molecule has 3 amide bonds. The average Bonchev–Trinajstić information content (AvgIpc) is 3.20. The van der Waals surface area contributed by atoms with Gasteiger partial charge in [0.25, 0.3) is 11.8 Å². The number of amides is 3. The van der Waals surface area contributed by atoms with Crippen molar-refractivity contribution in [3.8, 4) is 11.1 Å². The summed E-state index contributed by atoms with van der Waals surface area (Å²) in [5, 5.41) is 9.32. The molecule has 8 nitrogen and oxygen atoms in total. The Morgan fingerprint density at radius 2 is 1.69 bits per heavy atom. The van der Waals surface area contributed by atoms with Crippen LogP contribution in [0.3, 0.4) is 0 Å². The lowest BCUT2D eigenvalue weighted by Gasteiger charge is -2.16. The summed E-state index contributed by atoms with van der Waals surface area (Å²) in [4.78, 5) is 44.1. The van der Waals surface area contributed by atoms with Crippen LogP contribution in [0.15, 0.2) is 42.5 Å². The largest absolute Gasteiger partial charge is 0.397 e. The number of pyridine rings is 1. The summed E-state index contributed by atoms with van der Waals surface area (Å²) in [6, 6.07) is 13.0. The molecule has 0 unspecified atom stereocenters. The SMILES string of the molecule is CC[C@@H](C)NC(=O)c1sc2nc(C)c(C(=O)Nc3ccc(C)cc3C)c(-c3ccc(NC(C)=O)cc3)c2c1N. The molecular formula is C30H33N5O3S. The second kappa shape index (κ2) is 11.2. The fourth-order valence-electron chi connectivity index (χ4n) is 4.45. The quantitative estimate of drug-likeness (QED) is 0.220. The Bertz CT molecular complexity index is 1590. The molecule has 2 heterocycles. The first-order valence-corrected chi connectivity index (χ1v) is 13.6. The summed E-state index contributed by atoms with van der Waals surface area (Å²) in [6.07, 6.45) is 0.780. The van der Waals surface area contributed by atoms with Crippen molar-refractivity contribution in [2.24, 2.45) is 0 Å². The van der Waals surface area contributed by atoms with Crippen LogP contribution in [0.5, 0.6) is 0 Å². The minimum Gasteiger partial charge on any atom is -0.397 e. The number of aromatic nitrogens is 1. The Balaban J connectivity index is 1.92. The smallest absolute Gasteiger partial charge is 0.263 e.